The van der Waals surface area contributed by atoms with Crippen molar-refractivity contribution in [2.24, 2.45) is 4.99 Å². The van der Waals surface area contributed by atoms with E-state index in [9.17, 15) is 0 Å². The van der Waals surface area contributed by atoms with Crippen LogP contribution in [-0.4, -0.2) is 11.2 Å². The fraction of sp³-hybridized carbons (Fsp3) is 0.0196. The van der Waals surface area contributed by atoms with Crippen LogP contribution < -0.4 is 4.90 Å². The SMILES string of the molecule is C=C/C=C\C=C/N1C(=C)C=N/C(c2ccccn2)=C\Cc2cc(-c3c4ccccc4c(-c4cc5ccccc5c5ccccc45)c4ccccc34)ccc21. The number of hydrogen-bond donors (Lipinski definition) is 0. The van der Waals surface area contributed by atoms with Crippen molar-refractivity contribution in [1.82, 2.24) is 4.98 Å². The molecule has 0 aliphatic carbocycles. The summed E-state index contributed by atoms with van der Waals surface area (Å²) < 4.78 is 0. The smallest absolute Gasteiger partial charge is 0.0882 e. The Kier molecular flexibility index (Phi) is 8.58. The highest BCUT2D eigenvalue weighted by atomic mass is 15.1. The fourth-order valence-electron chi connectivity index (χ4n) is 7.89. The number of aromatic nitrogens is 1. The highest BCUT2D eigenvalue weighted by Gasteiger charge is 2.21. The van der Waals surface area contributed by atoms with Crippen molar-refractivity contribution in [2.45, 2.75) is 6.42 Å². The second kappa shape index (κ2) is 14.1. The first-order valence-corrected chi connectivity index (χ1v) is 18.3. The predicted molar refractivity (Wildman–Crippen MR) is 232 cm³/mol. The second-order valence-electron chi connectivity index (χ2n) is 13.5. The lowest BCUT2D eigenvalue weighted by atomic mass is 9.83. The van der Waals surface area contributed by atoms with E-state index in [1.807, 2.05) is 48.8 Å². The molecule has 54 heavy (non-hydrogen) atoms. The first-order valence-electron chi connectivity index (χ1n) is 18.3. The molecule has 3 heteroatoms. The molecule has 0 amide bonds. The maximum absolute atomic E-state index is 4.88. The summed E-state index contributed by atoms with van der Waals surface area (Å²) in [5, 5.41) is 9.93. The zero-order chi connectivity index (χ0) is 36.4. The van der Waals surface area contributed by atoms with E-state index in [0.717, 1.165) is 33.9 Å². The van der Waals surface area contributed by atoms with Gasteiger partial charge < -0.3 is 4.90 Å². The summed E-state index contributed by atoms with van der Waals surface area (Å²) >= 11 is 0. The molecule has 7 aromatic carbocycles. The molecular weight excluding hydrogens is 655 g/mol. The Hall–Kier alpha value is -7.10. The van der Waals surface area contributed by atoms with Gasteiger partial charge in [0.1, 0.15) is 0 Å². The van der Waals surface area contributed by atoms with Gasteiger partial charge in [0.25, 0.3) is 0 Å². The van der Waals surface area contributed by atoms with Crippen LogP contribution in [0, 0.1) is 0 Å². The van der Waals surface area contributed by atoms with Crippen LogP contribution in [0.2, 0.25) is 0 Å². The Morgan fingerprint density at radius 3 is 1.94 bits per heavy atom. The summed E-state index contributed by atoms with van der Waals surface area (Å²) in [4.78, 5) is 11.6. The van der Waals surface area contributed by atoms with Crippen molar-refractivity contribution in [3.8, 4) is 22.3 Å². The Morgan fingerprint density at radius 2 is 1.24 bits per heavy atom. The number of anilines is 1. The van der Waals surface area contributed by atoms with Crippen LogP contribution in [0.1, 0.15) is 11.3 Å². The van der Waals surface area contributed by atoms with E-state index in [4.69, 9.17) is 4.99 Å². The van der Waals surface area contributed by atoms with Crippen molar-refractivity contribution >= 4 is 60.7 Å². The minimum absolute atomic E-state index is 0.656. The lowest BCUT2D eigenvalue weighted by Gasteiger charge is -2.24. The van der Waals surface area contributed by atoms with Crippen molar-refractivity contribution < 1.29 is 0 Å². The average Bonchev–Trinajstić information content (AvgIpc) is 3.29. The minimum atomic E-state index is 0.656. The molecule has 0 saturated carbocycles. The van der Waals surface area contributed by atoms with Crippen LogP contribution in [0.5, 0.6) is 0 Å². The fourth-order valence-corrected chi connectivity index (χ4v) is 7.89. The highest BCUT2D eigenvalue weighted by Crippen LogP contribution is 2.47. The molecule has 2 heterocycles. The summed E-state index contributed by atoms with van der Waals surface area (Å²) in [5.41, 5.74) is 9.47. The zero-order valence-corrected chi connectivity index (χ0v) is 29.9. The molecule has 8 aromatic rings. The molecule has 1 aromatic heterocycles. The maximum atomic E-state index is 4.88. The predicted octanol–water partition coefficient (Wildman–Crippen LogP) is 13.3. The molecule has 256 valence electrons. The number of allylic oxidation sites excluding steroid dienone is 6. The van der Waals surface area contributed by atoms with Crippen molar-refractivity contribution in [1.29, 1.82) is 0 Å². The van der Waals surface area contributed by atoms with E-state index in [0.29, 0.717) is 6.42 Å². The number of fused-ring (bicyclic) bond motifs is 6. The van der Waals surface area contributed by atoms with Crippen LogP contribution in [0.3, 0.4) is 0 Å². The van der Waals surface area contributed by atoms with Gasteiger partial charge in [0, 0.05) is 18.1 Å². The summed E-state index contributed by atoms with van der Waals surface area (Å²) in [6.07, 6.45) is 16.1. The van der Waals surface area contributed by atoms with Gasteiger partial charge in [0.2, 0.25) is 0 Å². The molecule has 1 aliphatic heterocycles. The lowest BCUT2D eigenvalue weighted by Crippen LogP contribution is -2.17. The molecule has 0 N–H and O–H groups in total. The maximum Gasteiger partial charge on any atom is 0.0882 e. The zero-order valence-electron chi connectivity index (χ0n) is 29.9. The van der Waals surface area contributed by atoms with Gasteiger partial charge >= 0.3 is 0 Å². The summed E-state index contributed by atoms with van der Waals surface area (Å²) in [5.74, 6) is 0. The number of pyridine rings is 1. The van der Waals surface area contributed by atoms with Gasteiger partial charge in [-0.15, -0.1) is 0 Å². The van der Waals surface area contributed by atoms with E-state index in [2.05, 4.69) is 150 Å². The van der Waals surface area contributed by atoms with Crippen LogP contribution in [-0.2, 0) is 6.42 Å². The normalized spacial score (nSPS) is 14.4. The molecule has 0 fully saturated rings. The van der Waals surface area contributed by atoms with E-state index in [1.54, 1.807) is 12.3 Å². The second-order valence-corrected chi connectivity index (χ2v) is 13.5. The van der Waals surface area contributed by atoms with Gasteiger partial charge in [-0.05, 0) is 114 Å². The molecule has 0 unspecified atom stereocenters. The van der Waals surface area contributed by atoms with Gasteiger partial charge in [-0.2, -0.15) is 0 Å². The Bertz CT molecular complexity index is 2830. The van der Waals surface area contributed by atoms with Crippen molar-refractivity contribution in [3.63, 3.8) is 0 Å². The number of rotatable bonds is 6. The van der Waals surface area contributed by atoms with Crippen LogP contribution in [0.15, 0.2) is 206 Å². The topological polar surface area (TPSA) is 28.5 Å². The van der Waals surface area contributed by atoms with Gasteiger partial charge in [0.05, 0.1) is 23.3 Å². The molecule has 0 spiro atoms. The van der Waals surface area contributed by atoms with E-state index in [1.165, 1.54) is 59.8 Å². The molecule has 1 aliphatic rings. The third kappa shape index (κ3) is 5.82. The molecule has 9 rings (SSSR count). The van der Waals surface area contributed by atoms with Crippen molar-refractivity contribution in [3.05, 3.63) is 212 Å². The number of nitrogens with zero attached hydrogens (tertiary/aromatic N) is 3. The van der Waals surface area contributed by atoms with Crippen LogP contribution in [0.25, 0.3) is 71.0 Å². The molecular formula is C51H37N3. The van der Waals surface area contributed by atoms with Crippen molar-refractivity contribution in [2.75, 3.05) is 4.90 Å². The van der Waals surface area contributed by atoms with Gasteiger partial charge in [-0.25, -0.2) is 0 Å². The molecule has 3 nitrogen and oxygen atoms in total. The van der Waals surface area contributed by atoms with Gasteiger partial charge in [-0.1, -0.05) is 147 Å². The van der Waals surface area contributed by atoms with Crippen LogP contribution in [0.4, 0.5) is 5.69 Å². The Balaban J connectivity index is 1.29. The van der Waals surface area contributed by atoms with Gasteiger partial charge in [0.15, 0.2) is 0 Å². The number of hydrogen-bond acceptors (Lipinski definition) is 3. The Morgan fingerprint density at radius 1 is 0.593 bits per heavy atom. The number of benzene rings is 7. The Labute approximate surface area is 315 Å². The highest BCUT2D eigenvalue weighted by molar-refractivity contribution is 6.25. The summed E-state index contributed by atoms with van der Waals surface area (Å²) in [7, 11) is 0. The number of aliphatic imine (C=N–C) groups is 1. The largest absolute Gasteiger partial charge is 0.316 e. The average molecular weight is 692 g/mol. The van der Waals surface area contributed by atoms with E-state index >= 15 is 0 Å². The summed E-state index contributed by atoms with van der Waals surface area (Å²) in [6, 6.07) is 50.4. The summed E-state index contributed by atoms with van der Waals surface area (Å²) in [6.45, 7) is 8.26. The molecule has 0 radical (unpaired) electrons. The van der Waals surface area contributed by atoms with Crippen LogP contribution >= 0.6 is 0 Å². The first-order chi connectivity index (χ1) is 26.7. The minimum Gasteiger partial charge on any atom is -0.316 e. The lowest BCUT2D eigenvalue weighted by molar-refractivity contribution is 1.18. The molecule has 0 bridgehead atoms. The monoisotopic (exact) mass is 691 g/mol. The third-order valence-electron chi connectivity index (χ3n) is 10.3. The first kappa shape index (κ1) is 32.8. The quantitative estimate of drug-likeness (QED) is 0.0986. The van der Waals surface area contributed by atoms with Gasteiger partial charge in [-0.3, -0.25) is 9.98 Å². The van der Waals surface area contributed by atoms with E-state index < -0.39 is 0 Å². The van der Waals surface area contributed by atoms with E-state index in [-0.39, 0.29) is 0 Å². The standard InChI is InChI=1S/C51H37N3/c1-3-4-5-16-31-54-35(2)34-53-48(47-25-14-15-30-52-47)28-26-37-32-38(27-29-49(37)54)50-42-21-10-12-23-44(42)51(45-24-13-11-22-43(45)50)46-33-36-17-6-7-18-39(36)40-19-8-9-20-41(40)46/h3-25,27-34H,1-2,26H2/b5-4-,31-16-,48-28-,53-34?. The third-order valence-corrected chi connectivity index (χ3v) is 10.3. The molecule has 0 saturated heterocycles. The molecule has 0 atom stereocenters.